The molecule has 1 fully saturated rings. The Balaban J connectivity index is 1.83. The molecule has 4 nitrogen and oxygen atoms in total. The molecule has 0 radical (unpaired) electrons. The summed E-state index contributed by atoms with van der Waals surface area (Å²) in [5.74, 6) is -0.370. The molecule has 1 aliphatic carbocycles. The Kier molecular flexibility index (Phi) is 4.04. The third-order valence-electron chi connectivity index (χ3n) is 3.58. The Labute approximate surface area is 111 Å². The summed E-state index contributed by atoms with van der Waals surface area (Å²) in [5, 5.41) is 12.2. The molecule has 19 heavy (non-hydrogen) atoms. The van der Waals surface area contributed by atoms with Crippen molar-refractivity contribution in [3.8, 4) is 5.75 Å². The van der Waals surface area contributed by atoms with Crippen molar-refractivity contribution in [1.29, 1.82) is 0 Å². The van der Waals surface area contributed by atoms with Crippen LogP contribution in [0.4, 0.5) is 4.39 Å². The Bertz CT molecular complexity index is 472. The number of hydrogen-bond donors (Lipinski definition) is 2. The number of ether oxygens (including phenoxy) is 1. The molecule has 2 N–H and O–H groups in total. The van der Waals surface area contributed by atoms with Gasteiger partial charge in [0.25, 0.3) is 0 Å². The van der Waals surface area contributed by atoms with E-state index in [0.717, 1.165) is 18.4 Å². The lowest BCUT2D eigenvalue weighted by Gasteiger charge is -2.12. The lowest BCUT2D eigenvalue weighted by molar-refractivity contribution is -0.143. The second kappa shape index (κ2) is 5.57. The second-order valence-corrected chi connectivity index (χ2v) is 4.97. The summed E-state index contributed by atoms with van der Waals surface area (Å²) >= 11 is 0. The summed E-state index contributed by atoms with van der Waals surface area (Å²) in [7, 11) is 1.55. The normalized spacial score (nSPS) is 16.1. The minimum atomic E-state index is -0.733. The van der Waals surface area contributed by atoms with Gasteiger partial charge in [0.1, 0.15) is 11.6 Å². The van der Waals surface area contributed by atoms with Crippen LogP contribution in [0.2, 0.25) is 0 Å². The molecule has 0 aromatic heterocycles. The maximum atomic E-state index is 13.1. The number of nitrogens with one attached hydrogen (secondary N) is 1. The molecule has 1 aromatic rings. The van der Waals surface area contributed by atoms with Crippen LogP contribution in [0, 0.1) is 11.2 Å². The molecule has 0 saturated heterocycles. The van der Waals surface area contributed by atoms with Gasteiger partial charge in [-0.2, -0.15) is 0 Å². The zero-order chi connectivity index (χ0) is 13.9. The summed E-state index contributed by atoms with van der Waals surface area (Å²) in [4.78, 5) is 11.0. The summed E-state index contributed by atoms with van der Waals surface area (Å²) in [6.07, 6.45) is 2.08. The fourth-order valence-electron chi connectivity index (χ4n) is 2.11. The van der Waals surface area contributed by atoms with E-state index in [0.29, 0.717) is 25.3 Å². The van der Waals surface area contributed by atoms with E-state index in [4.69, 9.17) is 9.84 Å². The van der Waals surface area contributed by atoms with Gasteiger partial charge in [0.15, 0.2) is 0 Å². The van der Waals surface area contributed by atoms with Gasteiger partial charge in [0.2, 0.25) is 0 Å². The average molecular weight is 267 g/mol. The van der Waals surface area contributed by atoms with Crippen molar-refractivity contribution >= 4 is 5.97 Å². The summed E-state index contributed by atoms with van der Waals surface area (Å²) in [6, 6.07) is 4.41. The van der Waals surface area contributed by atoms with Gasteiger partial charge >= 0.3 is 5.97 Å². The molecule has 1 aliphatic rings. The zero-order valence-electron chi connectivity index (χ0n) is 10.9. The first-order valence-electron chi connectivity index (χ1n) is 6.34. The Morgan fingerprint density at radius 3 is 2.84 bits per heavy atom. The van der Waals surface area contributed by atoms with E-state index in [9.17, 15) is 9.18 Å². The van der Waals surface area contributed by atoms with Crippen molar-refractivity contribution in [1.82, 2.24) is 5.32 Å². The van der Waals surface area contributed by atoms with Crippen LogP contribution in [0.3, 0.4) is 0 Å². The smallest absolute Gasteiger partial charge is 0.310 e. The number of hydrogen-bond acceptors (Lipinski definition) is 3. The molecule has 0 unspecified atom stereocenters. The number of halogens is 1. The molecule has 0 bridgehead atoms. The quantitative estimate of drug-likeness (QED) is 0.740. The first-order valence-corrected chi connectivity index (χ1v) is 6.34. The predicted octanol–water partition coefficient (Wildman–Crippen LogP) is 1.83. The monoisotopic (exact) mass is 267 g/mol. The van der Waals surface area contributed by atoms with E-state index >= 15 is 0 Å². The van der Waals surface area contributed by atoms with Gasteiger partial charge in [-0.05, 0) is 49.6 Å². The van der Waals surface area contributed by atoms with Crippen LogP contribution in [0.15, 0.2) is 18.2 Å². The maximum Gasteiger partial charge on any atom is 0.310 e. The van der Waals surface area contributed by atoms with Crippen LogP contribution in [-0.2, 0) is 11.2 Å². The topological polar surface area (TPSA) is 58.6 Å². The van der Waals surface area contributed by atoms with Gasteiger partial charge < -0.3 is 15.2 Å². The summed E-state index contributed by atoms with van der Waals surface area (Å²) < 4.78 is 18.3. The predicted molar refractivity (Wildman–Crippen MR) is 68.8 cm³/mol. The SMILES string of the molecule is COc1ccc(F)cc1CCNCC1(C(=O)O)CC1. The van der Waals surface area contributed by atoms with E-state index in [1.165, 1.54) is 12.1 Å². The number of carboxylic acid groups (broad SMARTS) is 1. The molecule has 2 rings (SSSR count). The number of methoxy groups -OCH3 is 1. The first kappa shape index (κ1) is 13.8. The number of benzene rings is 1. The van der Waals surface area contributed by atoms with Crippen LogP contribution in [0.25, 0.3) is 0 Å². The molecular weight excluding hydrogens is 249 g/mol. The molecule has 5 heteroatoms. The van der Waals surface area contributed by atoms with Gasteiger partial charge in [0.05, 0.1) is 12.5 Å². The minimum Gasteiger partial charge on any atom is -0.496 e. The van der Waals surface area contributed by atoms with Gasteiger partial charge in [0, 0.05) is 6.54 Å². The average Bonchev–Trinajstić information content (AvgIpc) is 3.16. The third-order valence-corrected chi connectivity index (χ3v) is 3.58. The first-order chi connectivity index (χ1) is 9.07. The maximum absolute atomic E-state index is 13.1. The number of carbonyl (C=O) groups is 1. The minimum absolute atomic E-state index is 0.292. The fraction of sp³-hybridized carbons (Fsp3) is 0.500. The molecule has 104 valence electrons. The highest BCUT2D eigenvalue weighted by Gasteiger charge is 2.49. The lowest BCUT2D eigenvalue weighted by atomic mass is 10.1. The Morgan fingerprint density at radius 1 is 1.53 bits per heavy atom. The van der Waals surface area contributed by atoms with Crippen molar-refractivity contribution in [3.05, 3.63) is 29.6 Å². The van der Waals surface area contributed by atoms with E-state index in [1.807, 2.05) is 0 Å². The van der Waals surface area contributed by atoms with Crippen LogP contribution in [0.1, 0.15) is 18.4 Å². The largest absolute Gasteiger partial charge is 0.496 e. The van der Waals surface area contributed by atoms with Crippen molar-refractivity contribution < 1.29 is 19.0 Å². The molecular formula is C14H18FNO3. The molecule has 0 aliphatic heterocycles. The molecule has 0 atom stereocenters. The summed E-state index contributed by atoms with van der Waals surface area (Å²) in [6.45, 7) is 1.08. The highest BCUT2D eigenvalue weighted by atomic mass is 19.1. The molecule has 0 heterocycles. The Morgan fingerprint density at radius 2 is 2.26 bits per heavy atom. The fourth-order valence-corrected chi connectivity index (χ4v) is 2.11. The molecule has 1 saturated carbocycles. The van der Waals surface area contributed by atoms with Gasteiger partial charge in [-0.15, -0.1) is 0 Å². The summed E-state index contributed by atoms with van der Waals surface area (Å²) in [5.41, 5.74) is 0.224. The van der Waals surface area contributed by atoms with E-state index in [2.05, 4.69) is 5.32 Å². The molecule has 0 amide bonds. The van der Waals surface area contributed by atoms with Crippen LogP contribution in [-0.4, -0.2) is 31.3 Å². The van der Waals surface area contributed by atoms with Crippen molar-refractivity contribution in [2.75, 3.05) is 20.2 Å². The van der Waals surface area contributed by atoms with E-state index < -0.39 is 11.4 Å². The standard InChI is InChI=1S/C14H18FNO3/c1-19-12-3-2-11(15)8-10(12)4-7-16-9-14(5-6-14)13(17)18/h2-3,8,16H,4-7,9H2,1H3,(H,17,18). The Hall–Kier alpha value is -1.62. The highest BCUT2D eigenvalue weighted by Crippen LogP contribution is 2.45. The number of carboxylic acids is 1. The third kappa shape index (κ3) is 3.23. The van der Waals surface area contributed by atoms with Crippen molar-refractivity contribution in [2.24, 2.45) is 5.41 Å². The van der Waals surface area contributed by atoms with E-state index in [1.54, 1.807) is 13.2 Å². The van der Waals surface area contributed by atoms with Crippen LogP contribution < -0.4 is 10.1 Å². The number of rotatable bonds is 7. The molecule has 0 spiro atoms. The molecule has 1 aromatic carbocycles. The second-order valence-electron chi connectivity index (χ2n) is 4.97. The lowest BCUT2D eigenvalue weighted by Crippen LogP contribution is -2.31. The van der Waals surface area contributed by atoms with Crippen LogP contribution in [0.5, 0.6) is 5.75 Å². The van der Waals surface area contributed by atoms with Crippen LogP contribution >= 0.6 is 0 Å². The van der Waals surface area contributed by atoms with Gasteiger partial charge in [-0.1, -0.05) is 0 Å². The van der Waals surface area contributed by atoms with Gasteiger partial charge in [-0.25, -0.2) is 4.39 Å². The van der Waals surface area contributed by atoms with Crippen molar-refractivity contribution in [2.45, 2.75) is 19.3 Å². The number of aliphatic carboxylic acids is 1. The van der Waals surface area contributed by atoms with Gasteiger partial charge in [-0.3, -0.25) is 4.79 Å². The van der Waals surface area contributed by atoms with E-state index in [-0.39, 0.29) is 5.82 Å². The highest BCUT2D eigenvalue weighted by molar-refractivity contribution is 5.78. The van der Waals surface area contributed by atoms with Crippen molar-refractivity contribution in [3.63, 3.8) is 0 Å². The zero-order valence-corrected chi connectivity index (χ0v) is 10.9.